The van der Waals surface area contributed by atoms with Crippen LogP contribution in [0.1, 0.15) is 24.4 Å². The molecule has 3 heterocycles. The Morgan fingerprint density at radius 1 is 1.04 bits per heavy atom. The Kier molecular flexibility index (Phi) is 5.94. The largest absolute Gasteiger partial charge is 0.379 e. The van der Waals surface area contributed by atoms with Gasteiger partial charge in [-0.1, -0.05) is 30.3 Å². The average Bonchev–Trinajstić information content (AvgIpc) is 2.76. The van der Waals surface area contributed by atoms with Crippen LogP contribution in [-0.2, 0) is 19.1 Å². The van der Waals surface area contributed by atoms with Crippen molar-refractivity contribution in [2.75, 3.05) is 53.0 Å². The highest BCUT2D eigenvalue weighted by molar-refractivity contribution is 5.86. The molecule has 0 bridgehead atoms. The summed E-state index contributed by atoms with van der Waals surface area (Å²) in [7, 11) is 1.76. The number of carbonyl (C=O) groups is 2. The second-order valence-electron chi connectivity index (χ2n) is 7.80. The van der Waals surface area contributed by atoms with E-state index in [1.54, 1.807) is 11.9 Å². The van der Waals surface area contributed by atoms with Crippen LogP contribution in [0.4, 0.5) is 0 Å². The van der Waals surface area contributed by atoms with Gasteiger partial charge in [-0.05, 0) is 18.4 Å². The van der Waals surface area contributed by atoms with Crippen molar-refractivity contribution < 1.29 is 19.1 Å². The first-order chi connectivity index (χ1) is 13.6. The molecule has 0 spiro atoms. The molecule has 0 aliphatic carbocycles. The molecule has 3 aliphatic rings. The molecule has 3 fully saturated rings. The molecule has 152 valence electrons. The number of hydrogen-bond donors (Lipinski definition) is 0. The molecule has 7 nitrogen and oxygen atoms in total. The first-order valence-corrected chi connectivity index (χ1v) is 10.2. The van der Waals surface area contributed by atoms with Crippen LogP contribution in [0.3, 0.4) is 0 Å². The normalized spacial score (nSPS) is 27.8. The Labute approximate surface area is 166 Å². The van der Waals surface area contributed by atoms with Crippen molar-refractivity contribution in [2.45, 2.75) is 31.0 Å². The van der Waals surface area contributed by atoms with E-state index in [0.29, 0.717) is 6.04 Å². The molecule has 0 radical (unpaired) electrons. The number of hydrogen-bond acceptors (Lipinski definition) is 5. The zero-order valence-electron chi connectivity index (χ0n) is 16.5. The number of likely N-dealkylation sites (tertiary alicyclic amines) is 1. The molecule has 0 saturated carbocycles. The number of rotatable bonds is 3. The van der Waals surface area contributed by atoms with Gasteiger partial charge in [-0.3, -0.25) is 14.5 Å². The second-order valence-corrected chi connectivity index (χ2v) is 7.80. The topological polar surface area (TPSA) is 62.3 Å². The number of nitrogens with zero attached hydrogens (tertiary/aromatic N) is 3. The molecule has 28 heavy (non-hydrogen) atoms. The van der Waals surface area contributed by atoms with E-state index in [4.69, 9.17) is 9.47 Å². The Morgan fingerprint density at radius 2 is 1.71 bits per heavy atom. The molecule has 7 heteroatoms. The number of morpholine rings is 2. The third-order valence-electron chi connectivity index (χ3n) is 6.21. The maximum atomic E-state index is 13.3. The van der Waals surface area contributed by atoms with Gasteiger partial charge in [-0.2, -0.15) is 0 Å². The smallest absolute Gasteiger partial charge is 0.254 e. The maximum Gasteiger partial charge on any atom is 0.254 e. The van der Waals surface area contributed by atoms with Gasteiger partial charge < -0.3 is 19.3 Å². The molecule has 3 aliphatic heterocycles. The van der Waals surface area contributed by atoms with Gasteiger partial charge in [0.05, 0.1) is 19.3 Å². The molecule has 0 N–H and O–H groups in total. The van der Waals surface area contributed by atoms with Crippen molar-refractivity contribution >= 4 is 11.8 Å². The SMILES string of the molecule is CN1C(=O)CO[C@@H](C(=O)N2CCC(N3CCOCC3)CC2)[C@@H]1c1ccccc1. The van der Waals surface area contributed by atoms with Crippen molar-refractivity contribution in [2.24, 2.45) is 0 Å². The van der Waals surface area contributed by atoms with Gasteiger partial charge in [0.1, 0.15) is 6.61 Å². The van der Waals surface area contributed by atoms with E-state index in [2.05, 4.69) is 4.90 Å². The van der Waals surface area contributed by atoms with Crippen molar-refractivity contribution in [1.82, 2.24) is 14.7 Å². The summed E-state index contributed by atoms with van der Waals surface area (Å²) in [4.78, 5) is 31.6. The Morgan fingerprint density at radius 3 is 2.39 bits per heavy atom. The summed E-state index contributed by atoms with van der Waals surface area (Å²) >= 11 is 0. The minimum atomic E-state index is -0.648. The van der Waals surface area contributed by atoms with Gasteiger partial charge in [-0.15, -0.1) is 0 Å². The molecule has 3 saturated heterocycles. The van der Waals surface area contributed by atoms with Crippen molar-refractivity contribution in [3.05, 3.63) is 35.9 Å². The number of amides is 2. The lowest BCUT2D eigenvalue weighted by Crippen LogP contribution is -2.56. The van der Waals surface area contributed by atoms with Crippen LogP contribution in [-0.4, -0.2) is 91.7 Å². The lowest BCUT2D eigenvalue weighted by molar-refractivity contribution is -0.168. The zero-order valence-corrected chi connectivity index (χ0v) is 16.5. The van der Waals surface area contributed by atoms with E-state index in [0.717, 1.165) is 57.8 Å². The zero-order chi connectivity index (χ0) is 19.5. The van der Waals surface area contributed by atoms with Crippen LogP contribution < -0.4 is 0 Å². The fraction of sp³-hybridized carbons (Fsp3) is 0.619. The maximum absolute atomic E-state index is 13.3. The predicted octanol–water partition coefficient (Wildman–Crippen LogP) is 0.908. The summed E-state index contributed by atoms with van der Waals surface area (Å²) in [5.74, 6) is -0.0995. The number of piperidine rings is 1. The fourth-order valence-electron chi connectivity index (χ4n) is 4.54. The van der Waals surface area contributed by atoms with Crippen molar-refractivity contribution in [3.63, 3.8) is 0 Å². The van der Waals surface area contributed by atoms with E-state index in [-0.39, 0.29) is 24.5 Å². The minimum absolute atomic E-state index is 0.00590. The van der Waals surface area contributed by atoms with E-state index < -0.39 is 6.10 Å². The summed E-state index contributed by atoms with van der Waals surface area (Å²) in [6.07, 6.45) is 1.30. The molecule has 2 atom stereocenters. The molecule has 0 aromatic heterocycles. The summed E-state index contributed by atoms with van der Waals surface area (Å²) in [6, 6.07) is 9.83. The van der Waals surface area contributed by atoms with Crippen LogP contribution in [0.25, 0.3) is 0 Å². The van der Waals surface area contributed by atoms with Crippen LogP contribution in [0, 0.1) is 0 Å². The van der Waals surface area contributed by atoms with Gasteiger partial charge >= 0.3 is 0 Å². The number of likely N-dealkylation sites (N-methyl/N-ethyl adjacent to an activating group) is 1. The highest BCUT2D eigenvalue weighted by atomic mass is 16.5. The fourth-order valence-corrected chi connectivity index (χ4v) is 4.54. The highest BCUT2D eigenvalue weighted by Gasteiger charge is 2.42. The quantitative estimate of drug-likeness (QED) is 0.772. The molecule has 0 unspecified atom stereocenters. The van der Waals surface area contributed by atoms with Gasteiger partial charge in [0.25, 0.3) is 5.91 Å². The lowest BCUT2D eigenvalue weighted by atomic mass is 9.95. The van der Waals surface area contributed by atoms with Crippen LogP contribution in [0.15, 0.2) is 30.3 Å². The summed E-state index contributed by atoms with van der Waals surface area (Å²) < 4.78 is 11.2. The van der Waals surface area contributed by atoms with Gasteiger partial charge in [0.15, 0.2) is 6.10 Å². The Balaban J connectivity index is 1.43. The average molecular weight is 387 g/mol. The lowest BCUT2D eigenvalue weighted by Gasteiger charge is -2.43. The molecular formula is C21H29N3O4. The second kappa shape index (κ2) is 8.59. The van der Waals surface area contributed by atoms with Crippen LogP contribution in [0.5, 0.6) is 0 Å². The standard InChI is InChI=1S/C21H29N3O4/c1-22-18(25)15-28-20(19(22)16-5-3-2-4-6-16)21(26)24-9-7-17(8-10-24)23-11-13-27-14-12-23/h2-6,17,19-20H,7-15H2,1H3/t19-,20+/m0/s1. The first-order valence-electron chi connectivity index (χ1n) is 10.2. The third kappa shape index (κ3) is 3.92. The first kappa shape index (κ1) is 19.4. The summed E-state index contributed by atoms with van der Waals surface area (Å²) in [5, 5.41) is 0. The van der Waals surface area contributed by atoms with Gasteiger partial charge in [0, 0.05) is 39.3 Å². The minimum Gasteiger partial charge on any atom is -0.379 e. The molecular weight excluding hydrogens is 358 g/mol. The van der Waals surface area contributed by atoms with E-state index in [9.17, 15) is 9.59 Å². The highest BCUT2D eigenvalue weighted by Crippen LogP contribution is 2.31. The van der Waals surface area contributed by atoms with Crippen molar-refractivity contribution in [1.29, 1.82) is 0 Å². The number of ether oxygens (including phenoxy) is 2. The summed E-state index contributed by atoms with van der Waals surface area (Å²) in [6.45, 7) is 4.99. The predicted molar refractivity (Wildman–Crippen MR) is 104 cm³/mol. The molecule has 4 rings (SSSR count). The van der Waals surface area contributed by atoms with E-state index in [1.807, 2.05) is 35.2 Å². The van der Waals surface area contributed by atoms with Crippen LogP contribution in [0.2, 0.25) is 0 Å². The third-order valence-corrected chi connectivity index (χ3v) is 6.21. The Hall–Kier alpha value is -1.96. The number of benzene rings is 1. The molecule has 2 amide bonds. The van der Waals surface area contributed by atoms with Gasteiger partial charge in [-0.25, -0.2) is 0 Å². The monoisotopic (exact) mass is 387 g/mol. The van der Waals surface area contributed by atoms with Crippen LogP contribution >= 0.6 is 0 Å². The van der Waals surface area contributed by atoms with E-state index in [1.165, 1.54) is 0 Å². The van der Waals surface area contributed by atoms with Gasteiger partial charge in [0.2, 0.25) is 5.91 Å². The molecule has 1 aromatic carbocycles. The summed E-state index contributed by atoms with van der Waals surface area (Å²) in [5.41, 5.74) is 0.930. The Bertz CT molecular complexity index is 684. The van der Waals surface area contributed by atoms with Crippen molar-refractivity contribution in [3.8, 4) is 0 Å². The molecule has 1 aromatic rings. The number of carbonyl (C=O) groups excluding carboxylic acids is 2. The van der Waals surface area contributed by atoms with E-state index >= 15 is 0 Å².